The Hall–Kier alpha value is -2.48. The second-order valence-electron chi connectivity index (χ2n) is 12.9. The predicted octanol–water partition coefficient (Wildman–Crippen LogP) is 6.13. The Morgan fingerprint density at radius 2 is 1.42 bits per heavy atom. The molecule has 3 unspecified atom stereocenters. The highest BCUT2D eigenvalue weighted by molar-refractivity contribution is 9.08. The molecule has 0 spiro atoms. The standard InChI is InChI=1S/C38H55Br2N3O7/c1-6-37(4,34(45)17-16-33(36(47)48)43-27(3)44)42-19-20-49-21-22-50-26-35(46)38(5,7-2)41-18-8-9-31-23-29(25-40)12-15-32(31)30-13-10-28(24-39)11-14-30/h10-15,23,33,41-42H,6-9,16-22,24-26H2,1-5H3,(H,43,44)(H,47,48). The van der Waals surface area contributed by atoms with E-state index in [1.807, 2.05) is 20.8 Å². The van der Waals surface area contributed by atoms with Crippen LogP contribution >= 0.6 is 31.9 Å². The first-order chi connectivity index (χ1) is 23.8. The number of aliphatic carboxylic acids is 1. The lowest BCUT2D eigenvalue weighted by atomic mass is 9.89. The Balaban J connectivity index is 1.73. The molecule has 0 saturated carbocycles. The maximum atomic E-state index is 13.1. The molecule has 0 aliphatic heterocycles. The van der Waals surface area contributed by atoms with E-state index >= 15 is 0 Å². The van der Waals surface area contributed by atoms with Gasteiger partial charge in [-0.25, -0.2) is 4.79 Å². The number of ether oxygens (including phenoxy) is 2. The Morgan fingerprint density at radius 1 is 0.820 bits per heavy atom. The van der Waals surface area contributed by atoms with Gasteiger partial charge in [0.2, 0.25) is 5.91 Å². The van der Waals surface area contributed by atoms with Gasteiger partial charge in [0.1, 0.15) is 12.6 Å². The van der Waals surface area contributed by atoms with E-state index in [4.69, 9.17) is 9.47 Å². The highest BCUT2D eigenvalue weighted by atomic mass is 79.9. The maximum absolute atomic E-state index is 13.1. The highest BCUT2D eigenvalue weighted by Crippen LogP contribution is 2.28. The third-order valence-corrected chi connectivity index (χ3v) is 10.5. The SMILES string of the molecule is CCC(C)(NCCOCCOCC(=O)C(C)(CC)NCCCc1cc(CBr)ccc1-c1ccc(CBr)cc1)C(=O)CCC(NC(C)=O)C(=O)O. The monoisotopic (exact) mass is 823 g/mol. The molecule has 0 radical (unpaired) electrons. The van der Waals surface area contributed by atoms with Crippen molar-refractivity contribution in [3.63, 3.8) is 0 Å². The lowest BCUT2D eigenvalue weighted by Crippen LogP contribution is -2.51. The molecule has 2 rings (SSSR count). The van der Waals surface area contributed by atoms with E-state index in [1.54, 1.807) is 6.92 Å². The van der Waals surface area contributed by atoms with Crippen LogP contribution in [0.5, 0.6) is 0 Å². The molecule has 0 aliphatic rings. The average molecular weight is 826 g/mol. The zero-order valence-electron chi connectivity index (χ0n) is 30.2. The lowest BCUT2D eigenvalue weighted by Gasteiger charge is -2.29. The van der Waals surface area contributed by atoms with Gasteiger partial charge in [-0.1, -0.05) is 88.2 Å². The summed E-state index contributed by atoms with van der Waals surface area (Å²) in [6.45, 7) is 10.8. The molecule has 0 bridgehead atoms. The zero-order valence-corrected chi connectivity index (χ0v) is 33.3. The summed E-state index contributed by atoms with van der Waals surface area (Å²) in [5.74, 6) is -1.76. The number of carbonyl (C=O) groups excluding carboxylic acids is 3. The van der Waals surface area contributed by atoms with Gasteiger partial charge in [0.25, 0.3) is 0 Å². The van der Waals surface area contributed by atoms with Crippen molar-refractivity contribution < 1.29 is 33.8 Å². The molecule has 3 atom stereocenters. The molecular weight excluding hydrogens is 770 g/mol. The summed E-state index contributed by atoms with van der Waals surface area (Å²) in [6, 6.07) is 14.1. The van der Waals surface area contributed by atoms with Crippen molar-refractivity contribution in [2.24, 2.45) is 0 Å². The smallest absolute Gasteiger partial charge is 0.326 e. The Labute approximate surface area is 314 Å². The van der Waals surface area contributed by atoms with Crippen molar-refractivity contribution in [2.75, 3.05) is 39.5 Å². The van der Waals surface area contributed by atoms with Crippen molar-refractivity contribution in [3.05, 3.63) is 59.2 Å². The zero-order chi connectivity index (χ0) is 37.2. The third kappa shape index (κ3) is 14.3. The number of hydrogen-bond acceptors (Lipinski definition) is 8. The van der Waals surface area contributed by atoms with E-state index in [2.05, 4.69) is 90.3 Å². The topological polar surface area (TPSA) is 143 Å². The molecule has 10 nitrogen and oxygen atoms in total. The Bertz CT molecular complexity index is 1390. The number of carboxylic acid groups (broad SMARTS) is 1. The predicted molar refractivity (Wildman–Crippen MR) is 205 cm³/mol. The molecule has 278 valence electrons. The van der Waals surface area contributed by atoms with Crippen LogP contribution in [0.1, 0.15) is 83.4 Å². The molecule has 2 aromatic carbocycles. The van der Waals surface area contributed by atoms with Crippen molar-refractivity contribution in [1.29, 1.82) is 0 Å². The second-order valence-corrected chi connectivity index (χ2v) is 14.0. The van der Waals surface area contributed by atoms with E-state index in [1.165, 1.54) is 34.7 Å². The highest BCUT2D eigenvalue weighted by Gasteiger charge is 2.32. The van der Waals surface area contributed by atoms with Crippen LogP contribution in [0.3, 0.4) is 0 Å². The summed E-state index contributed by atoms with van der Waals surface area (Å²) in [5, 5.41) is 20.0. The van der Waals surface area contributed by atoms with Gasteiger partial charge in [-0.05, 0) is 80.3 Å². The number of carboxylic acids is 1. The van der Waals surface area contributed by atoms with E-state index < -0.39 is 29.0 Å². The molecule has 0 heterocycles. The molecule has 0 saturated heterocycles. The largest absolute Gasteiger partial charge is 0.480 e. The summed E-state index contributed by atoms with van der Waals surface area (Å²) >= 11 is 7.11. The fourth-order valence-corrected chi connectivity index (χ4v) is 6.20. The summed E-state index contributed by atoms with van der Waals surface area (Å²) < 4.78 is 11.3. The van der Waals surface area contributed by atoms with Crippen LogP contribution in [0.25, 0.3) is 11.1 Å². The van der Waals surface area contributed by atoms with Crippen LogP contribution in [-0.4, -0.2) is 85.2 Å². The number of aryl methyl sites for hydroxylation is 1. The van der Waals surface area contributed by atoms with Gasteiger partial charge in [0.15, 0.2) is 11.6 Å². The third-order valence-electron chi connectivity index (χ3n) is 9.23. The molecule has 0 fully saturated rings. The van der Waals surface area contributed by atoms with Crippen LogP contribution in [0.4, 0.5) is 0 Å². The van der Waals surface area contributed by atoms with Crippen LogP contribution < -0.4 is 16.0 Å². The van der Waals surface area contributed by atoms with Gasteiger partial charge >= 0.3 is 5.97 Å². The molecule has 50 heavy (non-hydrogen) atoms. The number of rotatable bonds is 26. The number of halogens is 2. The van der Waals surface area contributed by atoms with Crippen LogP contribution in [-0.2, 0) is 45.7 Å². The number of carbonyl (C=O) groups is 4. The summed E-state index contributed by atoms with van der Waals surface area (Å²) in [5.41, 5.74) is 4.65. The number of ketones is 2. The van der Waals surface area contributed by atoms with E-state index in [-0.39, 0.29) is 37.6 Å². The number of nitrogens with one attached hydrogen (secondary N) is 3. The van der Waals surface area contributed by atoms with Gasteiger partial charge in [-0.2, -0.15) is 0 Å². The van der Waals surface area contributed by atoms with Crippen molar-refractivity contribution in [3.8, 4) is 11.1 Å². The van der Waals surface area contributed by atoms with E-state index in [0.717, 1.165) is 23.5 Å². The minimum Gasteiger partial charge on any atom is -0.480 e. The number of amides is 1. The lowest BCUT2D eigenvalue weighted by molar-refractivity contribution is -0.142. The quantitative estimate of drug-likeness (QED) is 0.0651. The fourth-order valence-electron chi connectivity index (χ4n) is 5.47. The van der Waals surface area contributed by atoms with Crippen LogP contribution in [0.2, 0.25) is 0 Å². The number of hydrogen-bond donors (Lipinski definition) is 4. The fraction of sp³-hybridized carbons (Fsp3) is 0.579. The minimum absolute atomic E-state index is 0.00334. The molecule has 0 aliphatic carbocycles. The molecule has 0 aromatic heterocycles. The van der Waals surface area contributed by atoms with Crippen LogP contribution in [0, 0.1) is 0 Å². The number of Topliss-reactive ketones (excluding diaryl/α,β-unsaturated/α-hetero) is 2. The second kappa shape index (κ2) is 22.5. The van der Waals surface area contributed by atoms with E-state index in [0.29, 0.717) is 39.1 Å². The Kier molecular flexibility index (Phi) is 19.6. The van der Waals surface area contributed by atoms with E-state index in [9.17, 15) is 24.3 Å². The number of alkyl halides is 2. The summed E-state index contributed by atoms with van der Waals surface area (Å²) in [4.78, 5) is 48.6. The molecule has 1 amide bonds. The molecule has 4 N–H and O–H groups in total. The first-order valence-corrected chi connectivity index (χ1v) is 19.6. The number of benzene rings is 2. The summed E-state index contributed by atoms with van der Waals surface area (Å²) in [6.07, 6.45) is 2.95. The maximum Gasteiger partial charge on any atom is 0.326 e. The van der Waals surface area contributed by atoms with Gasteiger partial charge in [0, 0.05) is 30.5 Å². The van der Waals surface area contributed by atoms with Crippen LogP contribution in [0.15, 0.2) is 42.5 Å². The van der Waals surface area contributed by atoms with Gasteiger partial charge in [-0.3, -0.25) is 14.4 Å². The first kappa shape index (κ1) is 43.7. The molecular formula is C38H55Br2N3O7. The van der Waals surface area contributed by atoms with Gasteiger partial charge < -0.3 is 30.5 Å². The minimum atomic E-state index is -1.17. The molecule has 2 aromatic rings. The van der Waals surface area contributed by atoms with Crippen molar-refractivity contribution in [2.45, 2.75) is 101 Å². The van der Waals surface area contributed by atoms with Gasteiger partial charge in [-0.15, -0.1) is 0 Å². The van der Waals surface area contributed by atoms with Crippen molar-refractivity contribution >= 4 is 55.3 Å². The normalized spacial score (nSPS) is 14.4. The molecule has 12 heteroatoms. The Morgan fingerprint density at radius 3 is 2.02 bits per heavy atom. The van der Waals surface area contributed by atoms with Crippen molar-refractivity contribution in [1.82, 2.24) is 16.0 Å². The first-order valence-electron chi connectivity index (χ1n) is 17.4. The summed E-state index contributed by atoms with van der Waals surface area (Å²) in [7, 11) is 0. The van der Waals surface area contributed by atoms with Gasteiger partial charge in [0.05, 0.1) is 30.9 Å². The average Bonchev–Trinajstić information content (AvgIpc) is 3.12.